The van der Waals surface area contributed by atoms with Crippen LogP contribution in [0.3, 0.4) is 0 Å². The number of rotatable bonds is 3. The molecule has 0 unspecified atom stereocenters. The van der Waals surface area contributed by atoms with E-state index in [0.717, 1.165) is 40.6 Å². The van der Waals surface area contributed by atoms with Crippen molar-refractivity contribution in [2.75, 3.05) is 0 Å². The van der Waals surface area contributed by atoms with E-state index in [-0.39, 0.29) is 5.02 Å². The van der Waals surface area contributed by atoms with E-state index in [1.807, 2.05) is 30.3 Å². The molecule has 1 aromatic heterocycles. The Hall–Kier alpha value is -2.78. The monoisotopic (exact) mass is 362 g/mol. The van der Waals surface area contributed by atoms with Gasteiger partial charge >= 0.3 is 0 Å². The summed E-state index contributed by atoms with van der Waals surface area (Å²) in [6, 6.07) is 9.52. The van der Waals surface area contributed by atoms with Gasteiger partial charge in [-0.1, -0.05) is 54.6 Å². The second kappa shape index (κ2) is 6.85. The Morgan fingerprint density at radius 2 is 1.88 bits per heavy atom. The highest BCUT2D eigenvalue weighted by atomic mass is 35.5. The molecule has 0 saturated carbocycles. The average Bonchev–Trinajstić information content (AvgIpc) is 2.70. The van der Waals surface area contributed by atoms with Crippen molar-refractivity contribution in [3.8, 4) is 0 Å². The molecule has 0 saturated heterocycles. The Morgan fingerprint density at radius 1 is 1.08 bits per heavy atom. The standard InChI is InChI=1S/C22H16ClFN2/c1-2-14-7-9-18(22(24)21(14)23)17-6-4-3-5-16(17)15-8-10-19-20(13-15)26-12-11-25-19/h2-3,5,7-13H,1,4,6H2. The predicted molar refractivity (Wildman–Crippen MR) is 106 cm³/mol. The zero-order chi connectivity index (χ0) is 18.1. The Balaban J connectivity index is 1.92. The van der Waals surface area contributed by atoms with E-state index in [1.165, 1.54) is 0 Å². The minimum atomic E-state index is -0.396. The lowest BCUT2D eigenvalue weighted by Gasteiger charge is -2.18. The fourth-order valence-corrected chi connectivity index (χ4v) is 3.54. The summed E-state index contributed by atoms with van der Waals surface area (Å²) in [6.07, 6.45) is 10.7. The Morgan fingerprint density at radius 3 is 2.69 bits per heavy atom. The molecule has 4 rings (SSSR count). The van der Waals surface area contributed by atoms with Gasteiger partial charge in [-0.3, -0.25) is 9.97 Å². The van der Waals surface area contributed by atoms with Crippen LogP contribution in [0.4, 0.5) is 4.39 Å². The molecule has 0 spiro atoms. The van der Waals surface area contributed by atoms with Crippen LogP contribution in [0, 0.1) is 5.82 Å². The fourth-order valence-electron chi connectivity index (χ4n) is 3.30. The van der Waals surface area contributed by atoms with E-state index in [4.69, 9.17) is 11.6 Å². The maximum absolute atomic E-state index is 14.9. The minimum absolute atomic E-state index is 0.114. The van der Waals surface area contributed by atoms with Crippen LogP contribution in [0.15, 0.2) is 61.5 Å². The zero-order valence-electron chi connectivity index (χ0n) is 14.0. The number of hydrogen-bond donors (Lipinski definition) is 0. The van der Waals surface area contributed by atoms with Gasteiger partial charge in [-0.15, -0.1) is 0 Å². The molecule has 1 heterocycles. The second-order valence-corrected chi connectivity index (χ2v) is 6.51. The number of aromatic nitrogens is 2. The van der Waals surface area contributed by atoms with Crippen LogP contribution in [0.1, 0.15) is 29.5 Å². The first-order chi connectivity index (χ1) is 12.7. The van der Waals surface area contributed by atoms with Crippen LogP contribution >= 0.6 is 11.6 Å². The fraction of sp³-hybridized carbons (Fsp3) is 0.0909. The van der Waals surface area contributed by atoms with Crippen LogP contribution in [-0.4, -0.2) is 9.97 Å². The molecule has 0 bridgehead atoms. The molecule has 2 aromatic carbocycles. The van der Waals surface area contributed by atoms with Gasteiger partial charge in [-0.2, -0.15) is 0 Å². The van der Waals surface area contributed by atoms with Gasteiger partial charge in [-0.05, 0) is 47.2 Å². The summed E-state index contributed by atoms with van der Waals surface area (Å²) < 4.78 is 14.9. The van der Waals surface area contributed by atoms with E-state index in [2.05, 4.69) is 22.6 Å². The third kappa shape index (κ3) is 2.85. The normalized spacial score (nSPS) is 14.1. The highest BCUT2D eigenvalue weighted by Crippen LogP contribution is 2.38. The molecule has 26 heavy (non-hydrogen) atoms. The third-order valence-corrected chi connectivity index (χ3v) is 4.99. The lowest BCUT2D eigenvalue weighted by atomic mass is 9.87. The highest BCUT2D eigenvalue weighted by molar-refractivity contribution is 6.32. The van der Waals surface area contributed by atoms with Crippen molar-refractivity contribution in [2.24, 2.45) is 0 Å². The van der Waals surface area contributed by atoms with Crippen LogP contribution in [-0.2, 0) is 0 Å². The molecule has 128 valence electrons. The first kappa shape index (κ1) is 16.7. The van der Waals surface area contributed by atoms with Gasteiger partial charge in [0.1, 0.15) is 5.82 Å². The van der Waals surface area contributed by atoms with Crippen molar-refractivity contribution in [1.82, 2.24) is 9.97 Å². The first-order valence-corrected chi connectivity index (χ1v) is 8.78. The van der Waals surface area contributed by atoms with Crippen LogP contribution < -0.4 is 0 Å². The third-order valence-electron chi connectivity index (χ3n) is 4.61. The van der Waals surface area contributed by atoms with Crippen molar-refractivity contribution >= 4 is 39.9 Å². The summed E-state index contributed by atoms with van der Waals surface area (Å²) in [4.78, 5) is 8.68. The lowest BCUT2D eigenvalue weighted by molar-refractivity contribution is 0.623. The molecule has 0 radical (unpaired) electrons. The molecule has 3 aromatic rings. The summed E-state index contributed by atoms with van der Waals surface area (Å²) in [5.74, 6) is -0.396. The van der Waals surface area contributed by atoms with E-state index in [9.17, 15) is 4.39 Å². The molecule has 0 fully saturated rings. The van der Waals surface area contributed by atoms with Crippen molar-refractivity contribution in [3.63, 3.8) is 0 Å². The molecule has 4 heteroatoms. The summed E-state index contributed by atoms with van der Waals surface area (Å²) >= 11 is 6.18. The quantitative estimate of drug-likeness (QED) is 0.544. The van der Waals surface area contributed by atoms with Crippen molar-refractivity contribution in [2.45, 2.75) is 12.8 Å². The highest BCUT2D eigenvalue weighted by Gasteiger charge is 2.19. The number of benzene rings is 2. The lowest BCUT2D eigenvalue weighted by Crippen LogP contribution is -1.99. The maximum Gasteiger partial charge on any atom is 0.149 e. The summed E-state index contributed by atoms with van der Waals surface area (Å²) in [5, 5.41) is 0.114. The SMILES string of the molecule is C=Cc1ccc(C2=C(c3ccc4nccnc4c3)C=CCC2)c(F)c1Cl. The zero-order valence-corrected chi connectivity index (χ0v) is 14.8. The summed E-state index contributed by atoms with van der Waals surface area (Å²) in [6.45, 7) is 3.68. The number of hydrogen-bond acceptors (Lipinski definition) is 2. The number of allylic oxidation sites excluding steroid dienone is 4. The Bertz CT molecular complexity index is 1080. The maximum atomic E-state index is 14.9. The van der Waals surface area contributed by atoms with E-state index in [0.29, 0.717) is 11.1 Å². The summed E-state index contributed by atoms with van der Waals surface area (Å²) in [5.41, 5.74) is 5.73. The van der Waals surface area contributed by atoms with Gasteiger partial charge in [0.15, 0.2) is 0 Å². The van der Waals surface area contributed by atoms with Crippen molar-refractivity contribution in [1.29, 1.82) is 0 Å². The Kier molecular flexibility index (Phi) is 4.39. The van der Waals surface area contributed by atoms with Gasteiger partial charge in [0.2, 0.25) is 0 Å². The predicted octanol–water partition coefficient (Wildman–Crippen LogP) is 6.33. The Labute approximate surface area is 156 Å². The summed E-state index contributed by atoms with van der Waals surface area (Å²) in [7, 11) is 0. The molecule has 1 aliphatic carbocycles. The largest absolute Gasteiger partial charge is 0.253 e. The van der Waals surface area contributed by atoms with Crippen LogP contribution in [0.25, 0.3) is 28.3 Å². The van der Waals surface area contributed by atoms with Gasteiger partial charge in [0.05, 0.1) is 16.1 Å². The van der Waals surface area contributed by atoms with Crippen molar-refractivity contribution in [3.05, 3.63) is 89.0 Å². The molecule has 2 nitrogen and oxygen atoms in total. The molecule has 0 aliphatic heterocycles. The second-order valence-electron chi connectivity index (χ2n) is 6.13. The molecular formula is C22H16ClFN2. The van der Waals surface area contributed by atoms with E-state index in [1.54, 1.807) is 24.5 Å². The average molecular weight is 363 g/mol. The van der Waals surface area contributed by atoms with Crippen LogP contribution in [0.5, 0.6) is 0 Å². The molecular weight excluding hydrogens is 347 g/mol. The topological polar surface area (TPSA) is 25.8 Å². The van der Waals surface area contributed by atoms with E-state index >= 15 is 0 Å². The smallest absolute Gasteiger partial charge is 0.149 e. The van der Waals surface area contributed by atoms with E-state index < -0.39 is 5.82 Å². The van der Waals surface area contributed by atoms with Gasteiger partial charge in [0, 0.05) is 18.0 Å². The van der Waals surface area contributed by atoms with Crippen molar-refractivity contribution < 1.29 is 4.39 Å². The first-order valence-electron chi connectivity index (χ1n) is 8.40. The number of nitrogens with zero attached hydrogens (tertiary/aromatic N) is 2. The van der Waals surface area contributed by atoms with Gasteiger partial charge in [0.25, 0.3) is 0 Å². The minimum Gasteiger partial charge on any atom is -0.253 e. The van der Waals surface area contributed by atoms with Crippen LogP contribution in [0.2, 0.25) is 5.02 Å². The van der Waals surface area contributed by atoms with Gasteiger partial charge in [-0.25, -0.2) is 4.39 Å². The number of fused-ring (bicyclic) bond motifs is 1. The molecule has 0 amide bonds. The number of halogens is 2. The molecule has 0 N–H and O–H groups in total. The molecule has 0 atom stereocenters. The molecule has 1 aliphatic rings. The van der Waals surface area contributed by atoms with Gasteiger partial charge < -0.3 is 0 Å².